The minimum Gasteiger partial charge on any atom is -0.360 e. The first kappa shape index (κ1) is 20.6. The molecule has 30 heavy (non-hydrogen) atoms. The Labute approximate surface area is 178 Å². The van der Waals surface area contributed by atoms with Gasteiger partial charge in [0.05, 0.1) is 0 Å². The summed E-state index contributed by atoms with van der Waals surface area (Å²) in [6.45, 7) is 10.2. The molecular weight excluding hydrogens is 378 g/mol. The Hall–Kier alpha value is -2.63. The van der Waals surface area contributed by atoms with Crippen LogP contribution in [0.1, 0.15) is 77.8 Å². The number of aromatic nitrogens is 1. The summed E-state index contributed by atoms with van der Waals surface area (Å²) < 4.78 is 5.50. The van der Waals surface area contributed by atoms with E-state index in [1.807, 2.05) is 30.0 Å². The molecule has 0 unspecified atom stereocenters. The molecule has 1 saturated heterocycles. The van der Waals surface area contributed by atoms with Crippen LogP contribution >= 0.6 is 0 Å². The maximum absolute atomic E-state index is 13.1. The summed E-state index contributed by atoms with van der Waals surface area (Å²) in [5.74, 6) is 1.07. The van der Waals surface area contributed by atoms with Crippen molar-refractivity contribution in [1.82, 2.24) is 10.1 Å². The van der Waals surface area contributed by atoms with Gasteiger partial charge in [0, 0.05) is 36.3 Å². The number of nitrogens with one attached hydrogen (secondary N) is 1. The molecule has 2 heterocycles. The normalized spacial score (nSPS) is 18.9. The van der Waals surface area contributed by atoms with E-state index in [1.54, 1.807) is 0 Å². The lowest BCUT2D eigenvalue weighted by Crippen LogP contribution is -2.29. The Morgan fingerprint density at radius 1 is 1.20 bits per heavy atom. The minimum absolute atomic E-state index is 0.0351. The van der Waals surface area contributed by atoms with Gasteiger partial charge in [-0.2, -0.15) is 0 Å². The van der Waals surface area contributed by atoms with Gasteiger partial charge in [0.2, 0.25) is 0 Å². The molecule has 2 aliphatic rings. The second-order valence-corrected chi connectivity index (χ2v) is 9.67. The van der Waals surface area contributed by atoms with Gasteiger partial charge in [-0.3, -0.25) is 9.59 Å². The van der Waals surface area contributed by atoms with Crippen molar-refractivity contribution in [3.05, 3.63) is 46.3 Å². The summed E-state index contributed by atoms with van der Waals surface area (Å²) in [5, 5.41) is 7.07. The number of likely N-dealkylation sites (tertiary alicyclic amines) is 1. The highest BCUT2D eigenvalue weighted by Gasteiger charge is 2.34. The van der Waals surface area contributed by atoms with Gasteiger partial charge >= 0.3 is 0 Å². The summed E-state index contributed by atoms with van der Waals surface area (Å²) in [5.41, 5.74) is 3.54. The standard InChI is InChI=1S/C24H31N3O3/c1-15-17(23(29)27-12-5-6-13-27)8-7-9-19(15)25-22(28)21-18-14-16(24(2,3)4)10-11-20(18)30-26-21/h7-9,16H,5-6,10-14H2,1-4H3,(H,25,28)/t16-/m0/s1. The smallest absolute Gasteiger partial charge is 0.278 e. The molecule has 0 bridgehead atoms. The van der Waals surface area contributed by atoms with E-state index in [4.69, 9.17) is 4.52 Å². The van der Waals surface area contributed by atoms with E-state index >= 15 is 0 Å². The fourth-order valence-corrected chi connectivity index (χ4v) is 4.60. The average Bonchev–Trinajstić information content (AvgIpc) is 3.38. The zero-order chi connectivity index (χ0) is 21.5. The molecule has 1 N–H and O–H groups in total. The SMILES string of the molecule is Cc1c(NC(=O)c2noc3c2C[C@@H](C(C)(C)C)CC3)cccc1C(=O)N1CCCC1. The lowest BCUT2D eigenvalue weighted by atomic mass is 9.71. The van der Waals surface area contributed by atoms with Crippen molar-refractivity contribution in [1.29, 1.82) is 0 Å². The number of carbonyl (C=O) groups excluding carboxylic acids is 2. The van der Waals surface area contributed by atoms with E-state index < -0.39 is 0 Å². The summed E-state index contributed by atoms with van der Waals surface area (Å²) in [4.78, 5) is 27.8. The summed E-state index contributed by atoms with van der Waals surface area (Å²) in [7, 11) is 0. The lowest BCUT2D eigenvalue weighted by molar-refractivity contribution is 0.0791. The summed E-state index contributed by atoms with van der Waals surface area (Å²) >= 11 is 0. The fraction of sp³-hybridized carbons (Fsp3) is 0.542. The molecule has 0 spiro atoms. The third kappa shape index (κ3) is 3.87. The number of fused-ring (bicyclic) bond motifs is 1. The summed E-state index contributed by atoms with van der Waals surface area (Å²) in [6, 6.07) is 5.48. The maximum Gasteiger partial charge on any atom is 0.278 e. The quantitative estimate of drug-likeness (QED) is 0.802. The molecule has 1 aromatic carbocycles. The van der Waals surface area contributed by atoms with Gasteiger partial charge in [-0.25, -0.2) is 0 Å². The predicted octanol–water partition coefficient (Wildman–Crippen LogP) is 4.62. The lowest BCUT2D eigenvalue weighted by Gasteiger charge is -2.33. The molecular formula is C24H31N3O3. The second kappa shape index (κ2) is 7.89. The molecule has 6 nitrogen and oxygen atoms in total. The van der Waals surface area contributed by atoms with Crippen LogP contribution in [0.4, 0.5) is 5.69 Å². The highest BCUT2D eigenvalue weighted by Crippen LogP contribution is 2.38. The number of hydrogen-bond donors (Lipinski definition) is 1. The number of carbonyl (C=O) groups is 2. The molecule has 0 radical (unpaired) electrons. The Morgan fingerprint density at radius 3 is 2.63 bits per heavy atom. The van der Waals surface area contributed by atoms with Crippen molar-refractivity contribution in [2.75, 3.05) is 18.4 Å². The Bertz CT molecular complexity index is 965. The highest BCUT2D eigenvalue weighted by molar-refractivity contribution is 6.05. The van der Waals surface area contributed by atoms with Crippen LogP contribution in [0.2, 0.25) is 0 Å². The van der Waals surface area contributed by atoms with Crippen molar-refractivity contribution < 1.29 is 14.1 Å². The second-order valence-electron chi connectivity index (χ2n) is 9.67. The molecule has 4 rings (SSSR count). The van der Waals surface area contributed by atoms with E-state index in [1.165, 1.54) is 0 Å². The molecule has 160 valence electrons. The first-order valence-electron chi connectivity index (χ1n) is 10.9. The van der Waals surface area contributed by atoms with Crippen LogP contribution in [0.3, 0.4) is 0 Å². The molecule has 1 aliphatic carbocycles. The van der Waals surface area contributed by atoms with Crippen LogP contribution in [-0.2, 0) is 12.8 Å². The Kier molecular flexibility index (Phi) is 5.43. The van der Waals surface area contributed by atoms with E-state index in [2.05, 4.69) is 31.2 Å². The number of anilines is 1. The zero-order valence-corrected chi connectivity index (χ0v) is 18.4. The number of amides is 2. The fourth-order valence-electron chi connectivity index (χ4n) is 4.60. The van der Waals surface area contributed by atoms with Crippen molar-refractivity contribution in [3.8, 4) is 0 Å². The van der Waals surface area contributed by atoms with Gasteiger partial charge in [-0.05, 0) is 61.6 Å². The van der Waals surface area contributed by atoms with Gasteiger partial charge in [0.25, 0.3) is 11.8 Å². The predicted molar refractivity (Wildman–Crippen MR) is 116 cm³/mol. The first-order chi connectivity index (χ1) is 14.3. The number of benzene rings is 1. The van der Waals surface area contributed by atoms with Crippen molar-refractivity contribution >= 4 is 17.5 Å². The highest BCUT2D eigenvalue weighted by atomic mass is 16.5. The maximum atomic E-state index is 13.1. The van der Waals surface area contributed by atoms with Crippen LogP contribution < -0.4 is 5.32 Å². The largest absolute Gasteiger partial charge is 0.360 e. The molecule has 1 aromatic heterocycles. The van der Waals surface area contributed by atoms with Crippen LogP contribution in [0.25, 0.3) is 0 Å². The van der Waals surface area contributed by atoms with Gasteiger partial charge in [-0.15, -0.1) is 0 Å². The topological polar surface area (TPSA) is 75.4 Å². The Morgan fingerprint density at radius 2 is 1.93 bits per heavy atom. The first-order valence-corrected chi connectivity index (χ1v) is 10.9. The van der Waals surface area contributed by atoms with Crippen molar-refractivity contribution in [2.24, 2.45) is 11.3 Å². The van der Waals surface area contributed by atoms with E-state index in [9.17, 15) is 9.59 Å². The molecule has 6 heteroatoms. The van der Waals surface area contributed by atoms with Gasteiger partial charge < -0.3 is 14.7 Å². The van der Waals surface area contributed by atoms with Gasteiger partial charge in [0.15, 0.2) is 5.69 Å². The number of rotatable bonds is 3. The third-order valence-corrected chi connectivity index (χ3v) is 6.69. The van der Waals surface area contributed by atoms with Crippen LogP contribution in [0.5, 0.6) is 0 Å². The molecule has 0 saturated carbocycles. The minimum atomic E-state index is -0.275. The molecule has 1 aliphatic heterocycles. The molecule has 2 aromatic rings. The zero-order valence-electron chi connectivity index (χ0n) is 18.4. The van der Waals surface area contributed by atoms with Gasteiger partial charge in [0.1, 0.15) is 5.76 Å². The Balaban J connectivity index is 1.55. The van der Waals surface area contributed by atoms with E-state index in [0.717, 1.165) is 62.1 Å². The molecule has 1 atom stereocenters. The van der Waals surface area contributed by atoms with Crippen LogP contribution in [0, 0.1) is 18.3 Å². The number of aryl methyl sites for hydroxylation is 1. The van der Waals surface area contributed by atoms with Crippen LogP contribution in [-0.4, -0.2) is 35.0 Å². The van der Waals surface area contributed by atoms with Crippen LogP contribution in [0.15, 0.2) is 22.7 Å². The van der Waals surface area contributed by atoms with Gasteiger partial charge in [-0.1, -0.05) is 32.0 Å². The van der Waals surface area contributed by atoms with E-state index in [-0.39, 0.29) is 17.2 Å². The van der Waals surface area contributed by atoms with E-state index in [0.29, 0.717) is 22.9 Å². The number of nitrogens with zero attached hydrogens (tertiary/aromatic N) is 2. The van der Waals surface area contributed by atoms with Crippen molar-refractivity contribution in [2.45, 2.75) is 59.8 Å². The number of hydrogen-bond acceptors (Lipinski definition) is 4. The third-order valence-electron chi connectivity index (χ3n) is 6.69. The summed E-state index contributed by atoms with van der Waals surface area (Å²) in [6.07, 6.45) is 4.77. The average molecular weight is 410 g/mol. The van der Waals surface area contributed by atoms with Crippen molar-refractivity contribution in [3.63, 3.8) is 0 Å². The monoisotopic (exact) mass is 409 g/mol. The molecule has 1 fully saturated rings. The molecule has 2 amide bonds.